The van der Waals surface area contributed by atoms with E-state index in [0.29, 0.717) is 49.7 Å². The van der Waals surface area contributed by atoms with Gasteiger partial charge in [0.15, 0.2) is 15.8 Å². The van der Waals surface area contributed by atoms with Crippen molar-refractivity contribution in [2.24, 2.45) is 0 Å². The Morgan fingerprint density at radius 1 is 1.00 bits per heavy atom. The first-order valence-corrected chi connectivity index (χ1v) is 14.4. The predicted octanol–water partition coefficient (Wildman–Crippen LogP) is 8.38. The van der Waals surface area contributed by atoms with Gasteiger partial charge in [-0.15, -0.1) is 0 Å². The molecule has 0 spiro atoms. The largest absolute Gasteiger partial charge is 0.494 e. The lowest BCUT2D eigenvalue weighted by molar-refractivity contribution is -0.113. The fourth-order valence-electron chi connectivity index (χ4n) is 3.56. The van der Waals surface area contributed by atoms with Crippen molar-refractivity contribution in [3.8, 4) is 17.2 Å². The summed E-state index contributed by atoms with van der Waals surface area (Å²) in [5, 5.41) is 1.10. The van der Waals surface area contributed by atoms with Crippen LogP contribution >= 0.6 is 69.8 Å². The highest BCUT2D eigenvalue weighted by Crippen LogP contribution is 2.39. The van der Waals surface area contributed by atoms with Gasteiger partial charge in [-0.05, 0) is 96.6 Å². The average Bonchev–Trinajstić information content (AvgIpc) is 3.13. The van der Waals surface area contributed by atoms with E-state index < -0.39 is 0 Å². The first-order chi connectivity index (χ1) is 17.8. The Kier molecular flexibility index (Phi) is 9.63. The molecule has 0 atom stereocenters. The molecule has 1 amide bonds. The van der Waals surface area contributed by atoms with Crippen molar-refractivity contribution in [3.63, 3.8) is 0 Å². The number of benzene rings is 3. The molecule has 0 saturated carbocycles. The molecule has 0 N–H and O–H groups in total. The standard InChI is InChI=1S/C27H22Cl2INO4S2/c1-3-33-20-9-7-19(8-10-20)31-26(32)24(37-27(31)36)13-16-11-22(30)25(23(12-16)34-4-2)35-15-17-5-6-18(28)14-21(17)29/h5-14H,3-4,15H2,1-2H3/b24-13+. The monoisotopic (exact) mass is 685 g/mol. The molecule has 3 aromatic rings. The fourth-order valence-corrected chi connectivity index (χ4v) is 6.11. The summed E-state index contributed by atoms with van der Waals surface area (Å²) >= 11 is 21.3. The minimum atomic E-state index is -0.176. The lowest BCUT2D eigenvalue weighted by atomic mass is 10.1. The van der Waals surface area contributed by atoms with Crippen LogP contribution in [0.4, 0.5) is 5.69 Å². The third-order valence-corrected chi connectivity index (χ3v) is 7.91. The van der Waals surface area contributed by atoms with Gasteiger partial charge in [-0.2, -0.15) is 0 Å². The molecule has 0 unspecified atom stereocenters. The molecule has 1 heterocycles. The van der Waals surface area contributed by atoms with E-state index in [1.54, 1.807) is 12.1 Å². The zero-order valence-corrected chi connectivity index (χ0v) is 25.2. The smallest absolute Gasteiger partial charge is 0.270 e. The summed E-state index contributed by atoms with van der Waals surface area (Å²) in [6.07, 6.45) is 1.82. The Labute approximate surface area is 249 Å². The van der Waals surface area contributed by atoms with Gasteiger partial charge in [0.25, 0.3) is 5.91 Å². The van der Waals surface area contributed by atoms with Crippen LogP contribution in [0.15, 0.2) is 59.5 Å². The summed E-state index contributed by atoms with van der Waals surface area (Å²) in [7, 11) is 0. The van der Waals surface area contributed by atoms with Gasteiger partial charge < -0.3 is 14.2 Å². The summed E-state index contributed by atoms with van der Waals surface area (Å²) in [4.78, 5) is 15.3. The van der Waals surface area contributed by atoms with Gasteiger partial charge in [-0.1, -0.05) is 53.2 Å². The van der Waals surface area contributed by atoms with Crippen LogP contribution in [0.5, 0.6) is 17.2 Å². The van der Waals surface area contributed by atoms with Crippen molar-refractivity contribution >= 4 is 91.8 Å². The molecule has 10 heteroatoms. The van der Waals surface area contributed by atoms with Crippen molar-refractivity contribution < 1.29 is 19.0 Å². The van der Waals surface area contributed by atoms with Crippen LogP contribution in [0.25, 0.3) is 6.08 Å². The Morgan fingerprint density at radius 3 is 2.41 bits per heavy atom. The van der Waals surface area contributed by atoms with Gasteiger partial charge in [0.1, 0.15) is 12.4 Å². The SMILES string of the molecule is CCOc1ccc(N2C(=O)/C(=C\c3cc(I)c(OCc4ccc(Cl)cc4Cl)c(OCC)c3)SC2=S)cc1. The van der Waals surface area contributed by atoms with E-state index in [2.05, 4.69) is 22.6 Å². The second kappa shape index (κ2) is 12.7. The molecule has 0 bridgehead atoms. The minimum Gasteiger partial charge on any atom is -0.494 e. The second-order valence-corrected chi connectivity index (χ2v) is 11.4. The maximum Gasteiger partial charge on any atom is 0.270 e. The zero-order valence-electron chi connectivity index (χ0n) is 19.9. The maximum absolute atomic E-state index is 13.2. The number of thiocarbonyl (C=S) groups is 1. The number of thioether (sulfide) groups is 1. The average molecular weight is 686 g/mol. The highest BCUT2D eigenvalue weighted by molar-refractivity contribution is 14.1. The Morgan fingerprint density at radius 2 is 1.73 bits per heavy atom. The Bertz CT molecular complexity index is 1370. The molecule has 192 valence electrons. The highest BCUT2D eigenvalue weighted by Gasteiger charge is 2.33. The van der Waals surface area contributed by atoms with E-state index >= 15 is 0 Å². The molecule has 0 radical (unpaired) electrons. The van der Waals surface area contributed by atoms with E-state index in [1.807, 2.05) is 62.4 Å². The van der Waals surface area contributed by atoms with Crippen LogP contribution in [-0.4, -0.2) is 23.4 Å². The normalized spacial score (nSPS) is 14.4. The van der Waals surface area contributed by atoms with Gasteiger partial charge in [0.05, 0.1) is 27.4 Å². The number of hydrogen-bond donors (Lipinski definition) is 0. The predicted molar refractivity (Wildman–Crippen MR) is 164 cm³/mol. The van der Waals surface area contributed by atoms with Crippen molar-refractivity contribution in [1.82, 2.24) is 0 Å². The molecule has 1 saturated heterocycles. The van der Waals surface area contributed by atoms with Crippen molar-refractivity contribution in [1.29, 1.82) is 0 Å². The third kappa shape index (κ3) is 6.72. The van der Waals surface area contributed by atoms with Gasteiger partial charge in [-0.25, -0.2) is 0 Å². The van der Waals surface area contributed by atoms with Crippen molar-refractivity contribution in [3.05, 3.63) is 84.2 Å². The molecule has 1 aliphatic heterocycles. The number of carbonyl (C=O) groups excluding carboxylic acids is 1. The number of hydrogen-bond acceptors (Lipinski definition) is 6. The first kappa shape index (κ1) is 28.0. The van der Waals surface area contributed by atoms with E-state index in [4.69, 9.17) is 49.6 Å². The summed E-state index contributed by atoms with van der Waals surface area (Å²) in [6.45, 7) is 5.11. The van der Waals surface area contributed by atoms with Gasteiger partial charge in [0, 0.05) is 15.6 Å². The van der Waals surface area contributed by atoms with Crippen molar-refractivity contribution in [2.45, 2.75) is 20.5 Å². The lowest BCUT2D eigenvalue weighted by Gasteiger charge is -2.16. The minimum absolute atomic E-state index is 0.176. The molecule has 1 aliphatic rings. The quantitative estimate of drug-likeness (QED) is 0.128. The zero-order chi connectivity index (χ0) is 26.5. The summed E-state index contributed by atoms with van der Waals surface area (Å²) in [6, 6.07) is 16.4. The number of carbonyl (C=O) groups is 1. The number of amides is 1. The topological polar surface area (TPSA) is 48.0 Å². The van der Waals surface area contributed by atoms with Gasteiger partial charge in [-0.3, -0.25) is 9.69 Å². The summed E-state index contributed by atoms with van der Waals surface area (Å²) in [5.74, 6) is 1.75. The van der Waals surface area contributed by atoms with Crippen molar-refractivity contribution in [2.75, 3.05) is 18.1 Å². The van der Waals surface area contributed by atoms with Crippen LogP contribution in [-0.2, 0) is 11.4 Å². The van der Waals surface area contributed by atoms with E-state index in [9.17, 15) is 4.79 Å². The van der Waals surface area contributed by atoms with Crippen LogP contribution < -0.4 is 19.1 Å². The van der Waals surface area contributed by atoms with Crippen LogP contribution in [0.3, 0.4) is 0 Å². The Hall–Kier alpha value is -1.98. The molecule has 4 rings (SSSR count). The number of halogens is 3. The molecular formula is C27H22Cl2INO4S2. The molecule has 3 aromatic carbocycles. The molecular weight excluding hydrogens is 664 g/mol. The number of rotatable bonds is 9. The Balaban J connectivity index is 1.57. The third-order valence-electron chi connectivity index (χ3n) is 5.22. The van der Waals surface area contributed by atoms with Crippen LogP contribution in [0.2, 0.25) is 10.0 Å². The summed E-state index contributed by atoms with van der Waals surface area (Å²) < 4.78 is 18.8. The number of anilines is 1. The molecule has 0 aliphatic carbocycles. The molecule has 5 nitrogen and oxygen atoms in total. The molecule has 37 heavy (non-hydrogen) atoms. The second-order valence-electron chi connectivity index (χ2n) is 7.73. The fraction of sp³-hybridized carbons (Fsp3) is 0.185. The van der Waals surface area contributed by atoms with E-state index in [1.165, 1.54) is 16.7 Å². The number of nitrogens with zero attached hydrogens (tertiary/aromatic N) is 1. The van der Waals surface area contributed by atoms with Gasteiger partial charge in [0.2, 0.25) is 0 Å². The molecule has 1 fully saturated rings. The number of ether oxygens (including phenoxy) is 3. The van der Waals surface area contributed by atoms with E-state index in [-0.39, 0.29) is 12.5 Å². The summed E-state index contributed by atoms with van der Waals surface area (Å²) in [5.41, 5.74) is 2.31. The maximum atomic E-state index is 13.2. The van der Waals surface area contributed by atoms with Gasteiger partial charge >= 0.3 is 0 Å². The molecule has 0 aromatic heterocycles. The van der Waals surface area contributed by atoms with Crippen LogP contribution in [0, 0.1) is 3.57 Å². The van der Waals surface area contributed by atoms with E-state index in [0.717, 1.165) is 20.4 Å². The highest BCUT2D eigenvalue weighted by atomic mass is 127. The lowest BCUT2D eigenvalue weighted by Crippen LogP contribution is -2.27. The first-order valence-electron chi connectivity index (χ1n) is 11.3. The van der Waals surface area contributed by atoms with Crippen LogP contribution in [0.1, 0.15) is 25.0 Å².